The summed E-state index contributed by atoms with van der Waals surface area (Å²) in [5, 5.41) is 14.2. The van der Waals surface area contributed by atoms with E-state index in [9.17, 15) is 14.7 Å². The van der Waals surface area contributed by atoms with Gasteiger partial charge in [0.1, 0.15) is 11.6 Å². The summed E-state index contributed by atoms with van der Waals surface area (Å²) in [6.45, 7) is 6.93. The van der Waals surface area contributed by atoms with E-state index in [1.165, 1.54) is 11.8 Å². The highest BCUT2D eigenvalue weighted by Gasteiger charge is 2.29. The fourth-order valence-electron chi connectivity index (χ4n) is 2.37. The van der Waals surface area contributed by atoms with Gasteiger partial charge in [0, 0.05) is 15.2 Å². The molecule has 0 aliphatic carbocycles. The van der Waals surface area contributed by atoms with E-state index in [2.05, 4.69) is 5.32 Å². The van der Waals surface area contributed by atoms with E-state index in [-0.39, 0.29) is 0 Å². The number of benzene rings is 2. The summed E-state index contributed by atoms with van der Waals surface area (Å²) in [6.07, 6.45) is -0.745. The number of carboxylic acids is 1. The highest BCUT2D eigenvalue weighted by Crippen LogP contribution is 2.29. The Bertz CT molecular complexity index is 819. The van der Waals surface area contributed by atoms with Gasteiger partial charge < -0.3 is 15.2 Å². The lowest BCUT2D eigenvalue weighted by Gasteiger charge is -2.24. The minimum atomic E-state index is -1.11. The van der Waals surface area contributed by atoms with Crippen LogP contribution in [0.25, 0.3) is 10.8 Å². The maximum atomic E-state index is 11.9. The lowest BCUT2D eigenvalue weighted by molar-refractivity contribution is -0.139. The number of halogens is 1. The maximum absolute atomic E-state index is 11.9. The van der Waals surface area contributed by atoms with Crippen LogP contribution in [0.2, 0.25) is 5.02 Å². The quantitative estimate of drug-likeness (QED) is 0.700. The van der Waals surface area contributed by atoms with Crippen molar-refractivity contribution in [2.75, 3.05) is 0 Å². The molecule has 0 bridgehead atoms. The number of hydrogen-bond donors (Lipinski definition) is 2. The van der Waals surface area contributed by atoms with Gasteiger partial charge in [-0.15, -0.1) is 11.8 Å². The number of carbonyl (C=O) groups excluding carboxylic acids is 1. The molecular formula is C19H22ClNO4S. The molecule has 0 saturated carbocycles. The summed E-state index contributed by atoms with van der Waals surface area (Å²) in [7, 11) is 0. The normalized spacial score (nSPS) is 13.9. The average Bonchev–Trinajstić information content (AvgIpc) is 2.50. The number of carboxylic acid groups (broad SMARTS) is 1. The Balaban J connectivity index is 2.11. The summed E-state index contributed by atoms with van der Waals surface area (Å²) in [4.78, 5) is 24.4. The molecule has 2 aromatic carbocycles. The number of fused-ring (bicyclic) bond motifs is 1. The molecule has 0 aromatic heterocycles. The van der Waals surface area contributed by atoms with Crippen LogP contribution in [0.4, 0.5) is 4.79 Å². The van der Waals surface area contributed by atoms with E-state index in [4.69, 9.17) is 16.3 Å². The lowest BCUT2D eigenvalue weighted by Crippen LogP contribution is -2.48. The SMILES string of the molecule is CC(Sc1ccc2cc(Cl)ccc2c1)[C@@H](NC(=O)OC(C)(C)C)C(=O)O. The third-order valence-electron chi connectivity index (χ3n) is 3.50. The van der Waals surface area contributed by atoms with Gasteiger partial charge in [0.2, 0.25) is 0 Å². The van der Waals surface area contributed by atoms with Crippen molar-refractivity contribution in [2.45, 2.75) is 49.5 Å². The standard InChI is InChI=1S/C19H22ClNO4S/c1-11(16(17(22)23)21-18(24)25-19(2,3)4)26-15-8-6-12-9-14(20)7-5-13(12)10-15/h5-11,16H,1-4H3,(H,21,24)(H,22,23)/t11?,16-/m1/s1. The third-order valence-corrected chi connectivity index (χ3v) is 4.91. The van der Waals surface area contributed by atoms with Gasteiger partial charge in [-0.25, -0.2) is 9.59 Å². The highest BCUT2D eigenvalue weighted by atomic mass is 35.5. The number of rotatable bonds is 5. The Kier molecular flexibility index (Phi) is 6.42. The smallest absolute Gasteiger partial charge is 0.408 e. The number of hydrogen-bond acceptors (Lipinski definition) is 4. The molecule has 0 fully saturated rings. The first kappa shape index (κ1) is 20.4. The minimum absolute atomic E-state index is 0.398. The van der Waals surface area contributed by atoms with Crippen LogP contribution in [0.3, 0.4) is 0 Å². The molecule has 5 nitrogen and oxygen atoms in total. The van der Waals surface area contributed by atoms with E-state index in [0.29, 0.717) is 5.02 Å². The van der Waals surface area contributed by atoms with Crippen LogP contribution >= 0.6 is 23.4 Å². The van der Waals surface area contributed by atoms with Crippen LogP contribution in [-0.2, 0) is 9.53 Å². The molecule has 1 unspecified atom stereocenters. The summed E-state index contributed by atoms with van der Waals surface area (Å²) in [6, 6.07) is 10.3. The second-order valence-electron chi connectivity index (χ2n) is 6.94. The molecule has 2 atom stereocenters. The number of ether oxygens (including phenoxy) is 1. The van der Waals surface area contributed by atoms with E-state index >= 15 is 0 Å². The molecule has 2 rings (SSSR count). The molecule has 0 spiro atoms. The van der Waals surface area contributed by atoms with Gasteiger partial charge in [-0.3, -0.25) is 0 Å². The van der Waals surface area contributed by atoms with Crippen molar-refractivity contribution in [1.82, 2.24) is 5.32 Å². The van der Waals surface area contributed by atoms with Crippen LogP contribution in [0.5, 0.6) is 0 Å². The van der Waals surface area contributed by atoms with Crippen molar-refractivity contribution in [3.8, 4) is 0 Å². The van der Waals surface area contributed by atoms with Gasteiger partial charge in [-0.1, -0.05) is 30.7 Å². The van der Waals surface area contributed by atoms with Crippen LogP contribution < -0.4 is 5.32 Å². The summed E-state index contributed by atoms with van der Waals surface area (Å²) in [5.41, 5.74) is -0.691. The topological polar surface area (TPSA) is 75.6 Å². The molecule has 26 heavy (non-hydrogen) atoms. The average molecular weight is 396 g/mol. The first-order valence-electron chi connectivity index (χ1n) is 8.13. The molecule has 0 heterocycles. The summed E-state index contributed by atoms with van der Waals surface area (Å²) in [5.74, 6) is -1.11. The second-order valence-corrected chi connectivity index (χ2v) is 8.83. The summed E-state index contributed by atoms with van der Waals surface area (Å²) < 4.78 is 5.15. The van der Waals surface area contributed by atoms with Crippen molar-refractivity contribution < 1.29 is 19.4 Å². The zero-order valence-electron chi connectivity index (χ0n) is 15.1. The van der Waals surface area contributed by atoms with Gasteiger partial charge >= 0.3 is 12.1 Å². The molecule has 1 amide bonds. The van der Waals surface area contributed by atoms with Gasteiger partial charge in [-0.05, 0) is 55.8 Å². The summed E-state index contributed by atoms with van der Waals surface area (Å²) >= 11 is 7.37. The van der Waals surface area contributed by atoms with Crippen molar-refractivity contribution in [1.29, 1.82) is 0 Å². The van der Waals surface area contributed by atoms with Gasteiger partial charge in [0.05, 0.1) is 0 Å². The molecule has 2 N–H and O–H groups in total. The first-order valence-corrected chi connectivity index (χ1v) is 9.39. The molecule has 140 valence electrons. The largest absolute Gasteiger partial charge is 0.480 e. The van der Waals surface area contributed by atoms with Gasteiger partial charge in [0.15, 0.2) is 0 Å². The Morgan fingerprint density at radius 1 is 1.15 bits per heavy atom. The molecule has 2 aromatic rings. The predicted molar refractivity (Wildman–Crippen MR) is 105 cm³/mol. The fourth-order valence-corrected chi connectivity index (χ4v) is 3.64. The number of amides is 1. The number of carbonyl (C=O) groups is 2. The Morgan fingerprint density at radius 3 is 2.38 bits per heavy atom. The van der Waals surface area contributed by atoms with Crippen molar-refractivity contribution in [3.05, 3.63) is 41.4 Å². The molecular weight excluding hydrogens is 374 g/mol. The molecule has 0 saturated heterocycles. The van der Waals surface area contributed by atoms with Crippen molar-refractivity contribution >= 4 is 46.2 Å². The van der Waals surface area contributed by atoms with E-state index in [1.807, 2.05) is 36.4 Å². The van der Waals surface area contributed by atoms with Crippen LogP contribution in [-0.4, -0.2) is 34.1 Å². The van der Waals surface area contributed by atoms with Gasteiger partial charge in [-0.2, -0.15) is 0 Å². The fraction of sp³-hybridized carbons (Fsp3) is 0.368. The number of thioether (sulfide) groups is 1. The minimum Gasteiger partial charge on any atom is -0.480 e. The van der Waals surface area contributed by atoms with Crippen LogP contribution in [0.15, 0.2) is 41.3 Å². The van der Waals surface area contributed by atoms with E-state index in [0.717, 1.165) is 15.7 Å². The van der Waals surface area contributed by atoms with E-state index in [1.54, 1.807) is 27.7 Å². The maximum Gasteiger partial charge on any atom is 0.408 e. The van der Waals surface area contributed by atoms with Crippen LogP contribution in [0.1, 0.15) is 27.7 Å². The lowest BCUT2D eigenvalue weighted by atomic mass is 10.1. The highest BCUT2D eigenvalue weighted by molar-refractivity contribution is 8.00. The first-order chi connectivity index (χ1) is 12.0. The van der Waals surface area contributed by atoms with Crippen molar-refractivity contribution in [2.24, 2.45) is 0 Å². The molecule has 7 heteroatoms. The number of aliphatic carboxylic acids is 1. The number of alkyl carbamates (subject to hydrolysis) is 1. The predicted octanol–water partition coefficient (Wildman–Crippen LogP) is 4.95. The molecule has 0 radical (unpaired) electrons. The molecule has 0 aliphatic heterocycles. The second kappa shape index (κ2) is 8.18. The van der Waals surface area contributed by atoms with E-state index < -0.39 is 29.0 Å². The third kappa shape index (κ3) is 5.81. The van der Waals surface area contributed by atoms with Gasteiger partial charge in [0.25, 0.3) is 0 Å². The Hall–Kier alpha value is -1.92. The monoisotopic (exact) mass is 395 g/mol. The zero-order valence-corrected chi connectivity index (χ0v) is 16.6. The molecule has 0 aliphatic rings. The Labute approximate surface area is 162 Å². The van der Waals surface area contributed by atoms with Crippen molar-refractivity contribution in [3.63, 3.8) is 0 Å². The van der Waals surface area contributed by atoms with Crippen LogP contribution in [0, 0.1) is 0 Å². The Morgan fingerprint density at radius 2 is 1.77 bits per heavy atom. The number of nitrogens with one attached hydrogen (secondary N) is 1. The zero-order chi connectivity index (χ0) is 19.5.